The number of nitrogens with one attached hydrogen (secondary N) is 1. The summed E-state index contributed by atoms with van der Waals surface area (Å²) in [6, 6.07) is 16.5. The summed E-state index contributed by atoms with van der Waals surface area (Å²) in [7, 11) is 0. The third kappa shape index (κ3) is 5.44. The van der Waals surface area contributed by atoms with Crippen LogP contribution in [0.4, 0.5) is 17.6 Å². The van der Waals surface area contributed by atoms with E-state index in [1.165, 1.54) is 24.3 Å². The number of halogens is 4. The monoisotopic (exact) mass is 469 g/mol. The fourth-order valence-corrected chi connectivity index (χ4v) is 4.26. The quantitative estimate of drug-likeness (QED) is 0.477. The predicted octanol–water partition coefficient (Wildman–Crippen LogP) is 5.62. The molecule has 0 bridgehead atoms. The molecule has 4 rings (SSSR count). The highest BCUT2D eigenvalue weighted by Gasteiger charge is 2.35. The smallest absolute Gasteiger partial charge is 0.374 e. The van der Waals surface area contributed by atoms with Crippen LogP contribution in [0.15, 0.2) is 60.7 Å². The molecule has 1 fully saturated rings. The summed E-state index contributed by atoms with van der Waals surface area (Å²) < 4.78 is 60.1. The second-order valence-electron chi connectivity index (χ2n) is 8.45. The normalized spacial score (nSPS) is 15.6. The molecular weight excluding hydrogens is 446 g/mol. The van der Waals surface area contributed by atoms with E-state index in [0.717, 1.165) is 43.6 Å². The lowest BCUT2D eigenvalue weighted by Crippen LogP contribution is -2.43. The van der Waals surface area contributed by atoms with Gasteiger partial charge in [0.05, 0.1) is 41.8 Å². The van der Waals surface area contributed by atoms with Crippen LogP contribution >= 0.6 is 0 Å². The van der Waals surface area contributed by atoms with E-state index in [0.29, 0.717) is 11.1 Å². The fourth-order valence-electron chi connectivity index (χ4n) is 4.26. The first-order valence-corrected chi connectivity index (χ1v) is 10.9. The zero-order valence-electron chi connectivity index (χ0n) is 18.3. The first-order valence-electron chi connectivity index (χ1n) is 10.9. The third-order valence-corrected chi connectivity index (χ3v) is 6.16. The molecule has 2 heterocycles. The summed E-state index contributed by atoms with van der Waals surface area (Å²) in [5.41, 5.74) is 1.00. The largest absolute Gasteiger partial charge is 0.416 e. The van der Waals surface area contributed by atoms with Crippen molar-refractivity contribution in [2.75, 3.05) is 19.7 Å². The van der Waals surface area contributed by atoms with Gasteiger partial charge >= 0.3 is 6.18 Å². The van der Waals surface area contributed by atoms with Crippen LogP contribution in [0.3, 0.4) is 0 Å². The second-order valence-corrected chi connectivity index (χ2v) is 8.45. The molecule has 0 amide bonds. The molecular formula is C26H23F4N3O. The van der Waals surface area contributed by atoms with Crippen LogP contribution in [0.25, 0.3) is 11.3 Å². The van der Waals surface area contributed by atoms with Crippen LogP contribution < -0.4 is 5.32 Å². The highest BCUT2D eigenvalue weighted by molar-refractivity contribution is 5.61. The first kappa shape index (κ1) is 23.9. The van der Waals surface area contributed by atoms with Gasteiger partial charge < -0.3 is 10.1 Å². The number of pyridine rings is 1. The molecule has 4 nitrogen and oxygen atoms in total. The Hall–Kier alpha value is -3.28. The lowest BCUT2D eigenvalue weighted by molar-refractivity contribution is -0.137. The molecule has 0 atom stereocenters. The van der Waals surface area contributed by atoms with Gasteiger partial charge in [-0.3, -0.25) is 4.98 Å². The second kappa shape index (κ2) is 9.92. The zero-order valence-corrected chi connectivity index (χ0v) is 18.3. The Labute approximate surface area is 195 Å². The van der Waals surface area contributed by atoms with E-state index in [4.69, 9.17) is 10.00 Å². The molecule has 1 aromatic heterocycles. The zero-order chi connectivity index (χ0) is 24.2. The van der Waals surface area contributed by atoms with Crippen molar-refractivity contribution in [1.29, 1.82) is 5.26 Å². The summed E-state index contributed by atoms with van der Waals surface area (Å²) in [6.45, 7) is 1.73. The Morgan fingerprint density at radius 1 is 1.00 bits per heavy atom. The van der Waals surface area contributed by atoms with Gasteiger partial charge in [-0.05, 0) is 67.9 Å². The molecule has 34 heavy (non-hydrogen) atoms. The number of benzene rings is 2. The lowest BCUT2D eigenvalue weighted by atomic mass is 9.74. The summed E-state index contributed by atoms with van der Waals surface area (Å²) in [5.74, 6) is -0.322. The number of hydrogen-bond donors (Lipinski definition) is 1. The molecule has 8 heteroatoms. The van der Waals surface area contributed by atoms with Crippen LogP contribution in [-0.2, 0) is 22.9 Å². The van der Waals surface area contributed by atoms with E-state index >= 15 is 0 Å². The summed E-state index contributed by atoms with van der Waals surface area (Å²) in [4.78, 5) is 4.39. The highest BCUT2D eigenvalue weighted by Crippen LogP contribution is 2.35. The fraction of sp³-hybridized carbons (Fsp3) is 0.308. The number of piperidine rings is 1. The number of hydrogen-bond acceptors (Lipinski definition) is 4. The predicted molar refractivity (Wildman–Crippen MR) is 119 cm³/mol. The van der Waals surface area contributed by atoms with Crippen LogP contribution in [0, 0.1) is 17.1 Å². The molecule has 0 spiro atoms. The van der Waals surface area contributed by atoms with Crippen molar-refractivity contribution < 1.29 is 22.3 Å². The molecule has 1 saturated heterocycles. The molecule has 0 saturated carbocycles. The third-order valence-electron chi connectivity index (χ3n) is 6.16. The number of nitrogens with zero attached hydrogens (tertiary/aromatic N) is 2. The molecule has 176 valence electrons. The Morgan fingerprint density at radius 3 is 2.29 bits per heavy atom. The van der Waals surface area contributed by atoms with Crippen molar-refractivity contribution in [1.82, 2.24) is 10.3 Å². The van der Waals surface area contributed by atoms with Crippen molar-refractivity contribution in [3.05, 3.63) is 88.9 Å². The molecule has 1 aliphatic heterocycles. The van der Waals surface area contributed by atoms with E-state index < -0.39 is 11.7 Å². The average molecular weight is 469 g/mol. The number of ether oxygens (including phenoxy) is 1. The van der Waals surface area contributed by atoms with Crippen LogP contribution in [-0.4, -0.2) is 24.7 Å². The Balaban J connectivity index is 1.57. The van der Waals surface area contributed by atoms with E-state index in [1.807, 2.05) is 6.07 Å². The number of aromatic nitrogens is 1. The van der Waals surface area contributed by atoms with E-state index in [-0.39, 0.29) is 35.8 Å². The maximum Gasteiger partial charge on any atom is 0.416 e. The van der Waals surface area contributed by atoms with Crippen molar-refractivity contribution in [3.63, 3.8) is 0 Å². The molecule has 0 unspecified atom stereocenters. The molecule has 0 aliphatic carbocycles. The molecule has 1 N–H and O–H groups in total. The van der Waals surface area contributed by atoms with Gasteiger partial charge in [0.2, 0.25) is 0 Å². The summed E-state index contributed by atoms with van der Waals surface area (Å²) in [5, 5.41) is 12.3. The minimum Gasteiger partial charge on any atom is -0.374 e. The van der Waals surface area contributed by atoms with E-state index in [2.05, 4.69) is 10.3 Å². The summed E-state index contributed by atoms with van der Waals surface area (Å²) >= 11 is 0. The average Bonchev–Trinajstić information content (AvgIpc) is 2.84. The van der Waals surface area contributed by atoms with Gasteiger partial charge in [0.15, 0.2) is 0 Å². The SMILES string of the molecule is N#Cc1ccc(-c2cc(C(F)(F)F)cc(COCC3(c4ccc(F)cc4)CCNCC3)n2)cc1. The van der Waals surface area contributed by atoms with E-state index in [9.17, 15) is 17.6 Å². The van der Waals surface area contributed by atoms with E-state index in [1.54, 1.807) is 24.3 Å². The molecule has 2 aromatic carbocycles. The maximum absolute atomic E-state index is 13.6. The molecule has 0 radical (unpaired) electrons. The number of nitriles is 1. The van der Waals surface area contributed by atoms with Gasteiger partial charge in [-0.2, -0.15) is 18.4 Å². The van der Waals surface area contributed by atoms with Crippen LogP contribution in [0.1, 0.15) is 35.2 Å². The van der Waals surface area contributed by atoms with Gasteiger partial charge in [-0.25, -0.2) is 4.39 Å². The minimum atomic E-state index is -4.54. The van der Waals surface area contributed by atoms with Crippen molar-refractivity contribution >= 4 is 0 Å². The standard InChI is InChI=1S/C26H23F4N3O/c27-22-7-5-20(6-8-22)25(9-11-32-12-10-25)17-34-16-23-13-21(26(28,29)30)14-24(33-23)19-3-1-18(15-31)2-4-19/h1-8,13-14,32H,9-12,16-17H2. The van der Waals surface area contributed by atoms with Crippen molar-refractivity contribution in [2.45, 2.75) is 31.0 Å². The van der Waals surface area contributed by atoms with Gasteiger partial charge in [-0.15, -0.1) is 0 Å². The van der Waals surface area contributed by atoms with Crippen molar-refractivity contribution in [3.8, 4) is 17.3 Å². The van der Waals surface area contributed by atoms with Crippen LogP contribution in [0.5, 0.6) is 0 Å². The minimum absolute atomic E-state index is 0.0937. The van der Waals surface area contributed by atoms with Crippen molar-refractivity contribution in [2.24, 2.45) is 0 Å². The first-order chi connectivity index (χ1) is 16.3. The van der Waals surface area contributed by atoms with Gasteiger partial charge in [-0.1, -0.05) is 24.3 Å². The van der Waals surface area contributed by atoms with Gasteiger partial charge in [0.25, 0.3) is 0 Å². The maximum atomic E-state index is 13.6. The summed E-state index contributed by atoms with van der Waals surface area (Å²) in [6.07, 6.45) is -3.00. The van der Waals surface area contributed by atoms with Crippen LogP contribution in [0.2, 0.25) is 0 Å². The molecule has 3 aromatic rings. The van der Waals surface area contributed by atoms with Gasteiger partial charge in [0.1, 0.15) is 5.82 Å². The molecule has 1 aliphatic rings. The Morgan fingerprint density at radius 2 is 1.68 bits per heavy atom. The topological polar surface area (TPSA) is 57.9 Å². The number of alkyl halides is 3. The lowest BCUT2D eigenvalue weighted by Gasteiger charge is -2.38. The Bertz CT molecular complexity index is 1160. The highest BCUT2D eigenvalue weighted by atomic mass is 19.4. The Kier molecular flexibility index (Phi) is 6.96. The number of rotatable bonds is 6. The van der Waals surface area contributed by atoms with Gasteiger partial charge in [0, 0.05) is 11.0 Å².